The third kappa shape index (κ3) is 5.46. The SMILES string of the molecule is O=C(COC(=O)c1ccc(C(=O)C(=O)c2ccccc2)cc1)NCc1cccs1. The summed E-state index contributed by atoms with van der Waals surface area (Å²) in [6, 6.07) is 17.6. The van der Waals surface area contributed by atoms with Crippen LogP contribution in [0.1, 0.15) is 36.0 Å². The van der Waals surface area contributed by atoms with Crippen molar-refractivity contribution in [2.24, 2.45) is 0 Å². The number of ether oxygens (including phenoxy) is 1. The van der Waals surface area contributed by atoms with Crippen molar-refractivity contribution in [3.05, 3.63) is 93.7 Å². The van der Waals surface area contributed by atoms with E-state index in [-0.39, 0.29) is 11.1 Å². The predicted octanol–water partition coefficient (Wildman–Crippen LogP) is 3.29. The Morgan fingerprint density at radius 3 is 2.00 bits per heavy atom. The number of ketones is 2. The van der Waals surface area contributed by atoms with Gasteiger partial charge in [-0.15, -0.1) is 11.3 Å². The van der Waals surface area contributed by atoms with Crippen molar-refractivity contribution in [1.82, 2.24) is 5.32 Å². The predicted molar refractivity (Wildman–Crippen MR) is 108 cm³/mol. The first-order valence-electron chi connectivity index (χ1n) is 8.75. The normalized spacial score (nSPS) is 10.2. The minimum absolute atomic E-state index is 0.170. The minimum Gasteiger partial charge on any atom is -0.452 e. The second kappa shape index (κ2) is 9.57. The Morgan fingerprint density at radius 1 is 0.759 bits per heavy atom. The maximum atomic E-state index is 12.3. The maximum Gasteiger partial charge on any atom is 0.338 e. The molecule has 1 amide bonds. The highest BCUT2D eigenvalue weighted by molar-refractivity contribution is 7.09. The summed E-state index contributed by atoms with van der Waals surface area (Å²) in [4.78, 5) is 49.3. The topological polar surface area (TPSA) is 89.5 Å². The Bertz CT molecular complexity index is 1010. The lowest BCUT2D eigenvalue weighted by atomic mass is 10.0. The molecule has 0 aliphatic rings. The molecule has 0 unspecified atom stereocenters. The highest BCUT2D eigenvalue weighted by Crippen LogP contribution is 2.11. The Morgan fingerprint density at radius 2 is 1.38 bits per heavy atom. The second-order valence-electron chi connectivity index (χ2n) is 6.03. The van der Waals surface area contributed by atoms with E-state index in [1.807, 2.05) is 17.5 Å². The van der Waals surface area contributed by atoms with Crippen LogP contribution in [0, 0.1) is 0 Å². The van der Waals surface area contributed by atoms with Gasteiger partial charge in [-0.05, 0) is 23.6 Å². The molecular weight excluding hydrogens is 390 g/mol. The van der Waals surface area contributed by atoms with Gasteiger partial charge in [0, 0.05) is 16.0 Å². The molecule has 2 aromatic carbocycles. The average molecular weight is 407 g/mol. The summed E-state index contributed by atoms with van der Waals surface area (Å²) < 4.78 is 4.98. The van der Waals surface area contributed by atoms with Crippen LogP contribution in [-0.4, -0.2) is 30.0 Å². The van der Waals surface area contributed by atoms with Gasteiger partial charge in [-0.1, -0.05) is 48.5 Å². The van der Waals surface area contributed by atoms with Crippen molar-refractivity contribution in [2.75, 3.05) is 6.61 Å². The van der Waals surface area contributed by atoms with E-state index < -0.39 is 30.0 Å². The molecule has 0 bridgehead atoms. The fourth-order valence-corrected chi connectivity index (χ4v) is 3.12. The van der Waals surface area contributed by atoms with Crippen molar-refractivity contribution < 1.29 is 23.9 Å². The number of carbonyl (C=O) groups excluding carboxylic acids is 4. The summed E-state index contributed by atoms with van der Waals surface area (Å²) in [6.07, 6.45) is 0. The van der Waals surface area contributed by atoms with Crippen LogP contribution >= 0.6 is 11.3 Å². The van der Waals surface area contributed by atoms with Gasteiger partial charge in [0.2, 0.25) is 11.6 Å². The van der Waals surface area contributed by atoms with Crippen molar-refractivity contribution in [3.8, 4) is 0 Å². The van der Waals surface area contributed by atoms with Crippen LogP contribution in [0.15, 0.2) is 72.1 Å². The van der Waals surface area contributed by atoms with Gasteiger partial charge in [0.1, 0.15) is 0 Å². The summed E-state index contributed by atoms with van der Waals surface area (Å²) in [7, 11) is 0. The molecule has 146 valence electrons. The molecule has 29 heavy (non-hydrogen) atoms. The highest BCUT2D eigenvalue weighted by Gasteiger charge is 2.19. The molecule has 1 aromatic heterocycles. The van der Waals surface area contributed by atoms with E-state index >= 15 is 0 Å². The zero-order chi connectivity index (χ0) is 20.6. The maximum absolute atomic E-state index is 12.3. The largest absolute Gasteiger partial charge is 0.452 e. The van der Waals surface area contributed by atoms with Crippen molar-refractivity contribution >= 4 is 34.8 Å². The molecule has 3 rings (SSSR count). The fraction of sp³-hybridized carbons (Fsp3) is 0.0909. The first-order chi connectivity index (χ1) is 14.0. The van der Waals surface area contributed by atoms with E-state index in [2.05, 4.69) is 5.32 Å². The van der Waals surface area contributed by atoms with Gasteiger partial charge >= 0.3 is 5.97 Å². The van der Waals surface area contributed by atoms with Crippen molar-refractivity contribution in [1.29, 1.82) is 0 Å². The number of hydrogen-bond acceptors (Lipinski definition) is 6. The summed E-state index contributed by atoms with van der Waals surface area (Å²) in [5.74, 6) is -2.39. The number of carbonyl (C=O) groups is 4. The molecule has 1 N–H and O–H groups in total. The second-order valence-corrected chi connectivity index (χ2v) is 7.07. The lowest BCUT2D eigenvalue weighted by Crippen LogP contribution is -2.28. The standard InChI is InChI=1S/C22H17NO5S/c24-19(23-13-18-7-4-12-29-18)14-28-22(27)17-10-8-16(9-11-17)21(26)20(25)15-5-2-1-3-6-15/h1-12H,13-14H2,(H,23,24). The van der Waals surface area contributed by atoms with Crippen molar-refractivity contribution in [3.63, 3.8) is 0 Å². The van der Waals surface area contributed by atoms with Crippen LogP contribution in [0.25, 0.3) is 0 Å². The van der Waals surface area contributed by atoms with Gasteiger partial charge in [0.05, 0.1) is 12.1 Å². The number of esters is 1. The summed E-state index contributed by atoms with van der Waals surface area (Å²) >= 11 is 1.52. The summed E-state index contributed by atoms with van der Waals surface area (Å²) in [5.41, 5.74) is 0.651. The molecule has 0 radical (unpaired) electrons. The molecule has 0 saturated carbocycles. The molecular formula is C22H17NO5S. The number of benzene rings is 2. The molecule has 0 spiro atoms. The zero-order valence-corrected chi connectivity index (χ0v) is 16.1. The van der Waals surface area contributed by atoms with Gasteiger partial charge < -0.3 is 10.1 Å². The van der Waals surface area contributed by atoms with E-state index in [9.17, 15) is 19.2 Å². The van der Waals surface area contributed by atoms with E-state index in [1.54, 1.807) is 30.3 Å². The Kier molecular flexibility index (Phi) is 6.65. The van der Waals surface area contributed by atoms with Crippen LogP contribution in [0.3, 0.4) is 0 Å². The zero-order valence-electron chi connectivity index (χ0n) is 15.3. The van der Waals surface area contributed by atoms with E-state index in [0.717, 1.165) is 4.88 Å². The van der Waals surface area contributed by atoms with Crippen LogP contribution in [-0.2, 0) is 16.1 Å². The fourth-order valence-electron chi connectivity index (χ4n) is 2.47. The summed E-state index contributed by atoms with van der Waals surface area (Å²) in [5, 5.41) is 4.56. The number of rotatable bonds is 8. The smallest absolute Gasteiger partial charge is 0.338 e. The number of thiophene rings is 1. The number of hydrogen-bond donors (Lipinski definition) is 1. The van der Waals surface area contributed by atoms with Gasteiger partial charge in [0.25, 0.3) is 5.91 Å². The number of Topliss-reactive ketones (excluding diaryl/α,β-unsaturated/α-hetero) is 2. The quantitative estimate of drug-likeness (QED) is 0.352. The Balaban J connectivity index is 1.52. The molecule has 0 fully saturated rings. The monoisotopic (exact) mass is 407 g/mol. The van der Waals surface area contributed by atoms with Crippen LogP contribution in [0.4, 0.5) is 0 Å². The molecule has 7 heteroatoms. The van der Waals surface area contributed by atoms with Gasteiger partial charge in [-0.2, -0.15) is 0 Å². The van der Waals surface area contributed by atoms with E-state index in [1.165, 1.54) is 35.6 Å². The molecule has 1 heterocycles. The molecule has 3 aromatic rings. The van der Waals surface area contributed by atoms with Crippen LogP contribution in [0.2, 0.25) is 0 Å². The Labute approximate surface area is 171 Å². The number of amides is 1. The minimum atomic E-state index is -0.690. The molecule has 0 saturated heterocycles. The highest BCUT2D eigenvalue weighted by atomic mass is 32.1. The van der Waals surface area contributed by atoms with Crippen LogP contribution in [0.5, 0.6) is 0 Å². The molecule has 6 nitrogen and oxygen atoms in total. The lowest BCUT2D eigenvalue weighted by molar-refractivity contribution is -0.124. The first-order valence-corrected chi connectivity index (χ1v) is 9.63. The summed E-state index contributed by atoms with van der Waals surface area (Å²) in [6.45, 7) is -0.0301. The van der Waals surface area contributed by atoms with Gasteiger partial charge in [-0.3, -0.25) is 14.4 Å². The Hall–Kier alpha value is -3.58. The average Bonchev–Trinajstić information content (AvgIpc) is 3.29. The van der Waals surface area contributed by atoms with Crippen LogP contribution < -0.4 is 5.32 Å². The number of nitrogens with one attached hydrogen (secondary N) is 1. The first kappa shape index (κ1) is 20.2. The molecule has 0 aliphatic heterocycles. The molecule has 0 atom stereocenters. The van der Waals surface area contributed by atoms with E-state index in [0.29, 0.717) is 12.1 Å². The molecule has 0 aliphatic carbocycles. The third-order valence-corrected chi connectivity index (χ3v) is 4.88. The van der Waals surface area contributed by atoms with Gasteiger partial charge in [0.15, 0.2) is 6.61 Å². The van der Waals surface area contributed by atoms with Crippen molar-refractivity contribution in [2.45, 2.75) is 6.54 Å². The van der Waals surface area contributed by atoms with E-state index in [4.69, 9.17) is 4.74 Å². The third-order valence-electron chi connectivity index (χ3n) is 4.00. The lowest BCUT2D eigenvalue weighted by Gasteiger charge is -2.06. The van der Waals surface area contributed by atoms with Gasteiger partial charge in [-0.25, -0.2) is 4.79 Å².